The van der Waals surface area contributed by atoms with Crippen LogP contribution in [-0.2, 0) is 19.6 Å². The van der Waals surface area contributed by atoms with Gasteiger partial charge >= 0.3 is 5.97 Å². The van der Waals surface area contributed by atoms with Crippen molar-refractivity contribution in [2.75, 3.05) is 20.7 Å². The minimum Gasteiger partial charge on any atom is -0.454 e. The Kier molecular flexibility index (Phi) is 6.12. The summed E-state index contributed by atoms with van der Waals surface area (Å²) in [5, 5.41) is 0. The lowest BCUT2D eigenvalue weighted by Gasteiger charge is -2.16. The largest absolute Gasteiger partial charge is 0.454 e. The average Bonchev–Trinajstić information content (AvgIpc) is 2.43. The number of hydrogen-bond acceptors (Lipinski definition) is 5. The fraction of sp³-hybridized carbons (Fsp3) is 0.467. The smallest absolute Gasteiger partial charge is 0.338 e. The van der Waals surface area contributed by atoms with Crippen LogP contribution >= 0.6 is 15.9 Å². The van der Waals surface area contributed by atoms with Gasteiger partial charge < -0.3 is 4.74 Å². The van der Waals surface area contributed by atoms with E-state index in [1.165, 1.54) is 32.3 Å². The molecule has 0 aromatic heterocycles. The number of ketones is 1. The molecule has 8 heteroatoms. The van der Waals surface area contributed by atoms with Crippen LogP contribution in [0.3, 0.4) is 0 Å². The Morgan fingerprint density at radius 1 is 1.22 bits per heavy atom. The van der Waals surface area contributed by atoms with Crippen LogP contribution in [0.2, 0.25) is 0 Å². The van der Waals surface area contributed by atoms with Gasteiger partial charge in [0.1, 0.15) is 0 Å². The van der Waals surface area contributed by atoms with Gasteiger partial charge in [0, 0.05) is 24.0 Å². The Hall–Kier alpha value is -1.25. The summed E-state index contributed by atoms with van der Waals surface area (Å²) in [6.07, 6.45) is 0. The lowest BCUT2D eigenvalue weighted by Crippen LogP contribution is -2.26. The Labute approximate surface area is 145 Å². The average molecular weight is 406 g/mol. The predicted octanol–water partition coefficient (Wildman–Crippen LogP) is 2.47. The Morgan fingerprint density at radius 2 is 1.78 bits per heavy atom. The molecule has 0 unspecified atom stereocenters. The molecule has 0 N–H and O–H groups in total. The molecule has 0 spiro atoms. The van der Waals surface area contributed by atoms with E-state index in [1.807, 2.05) is 0 Å². The molecule has 0 aliphatic rings. The number of ether oxygens (including phenoxy) is 1. The highest BCUT2D eigenvalue weighted by Crippen LogP contribution is 2.25. The van der Waals surface area contributed by atoms with E-state index in [0.29, 0.717) is 4.47 Å². The molecule has 0 fully saturated rings. The fourth-order valence-electron chi connectivity index (χ4n) is 1.46. The number of esters is 1. The predicted molar refractivity (Wildman–Crippen MR) is 89.8 cm³/mol. The highest BCUT2D eigenvalue weighted by Gasteiger charge is 2.25. The van der Waals surface area contributed by atoms with Crippen molar-refractivity contribution >= 4 is 37.7 Å². The SMILES string of the molecule is CN(C)S(=O)(=O)c1cc(C(=O)OCC(=O)C(C)(C)C)ccc1Br. The van der Waals surface area contributed by atoms with Gasteiger partial charge in [0.25, 0.3) is 0 Å². The molecule has 0 heterocycles. The van der Waals surface area contributed by atoms with Crippen LogP contribution in [0, 0.1) is 5.41 Å². The molecule has 1 aromatic rings. The normalized spacial score (nSPS) is 12.3. The van der Waals surface area contributed by atoms with E-state index in [0.717, 1.165) is 4.31 Å². The molecule has 0 bridgehead atoms. The summed E-state index contributed by atoms with van der Waals surface area (Å²) in [6.45, 7) is 4.83. The third-order valence-electron chi connectivity index (χ3n) is 3.10. The number of benzene rings is 1. The zero-order chi connectivity index (χ0) is 18.0. The third-order valence-corrected chi connectivity index (χ3v) is 5.91. The summed E-state index contributed by atoms with van der Waals surface area (Å²) >= 11 is 3.16. The van der Waals surface area contributed by atoms with E-state index in [-0.39, 0.29) is 22.8 Å². The molecule has 0 aliphatic heterocycles. The lowest BCUT2D eigenvalue weighted by atomic mass is 9.91. The Balaban J connectivity index is 3.03. The summed E-state index contributed by atoms with van der Waals surface area (Å²) in [4.78, 5) is 23.8. The summed E-state index contributed by atoms with van der Waals surface area (Å²) in [5.74, 6) is -0.964. The third kappa shape index (κ3) is 4.86. The number of hydrogen-bond donors (Lipinski definition) is 0. The first-order valence-corrected chi connectivity index (χ1v) is 9.03. The van der Waals surface area contributed by atoms with Gasteiger partial charge in [-0.1, -0.05) is 20.8 Å². The second kappa shape index (κ2) is 7.11. The first-order chi connectivity index (χ1) is 10.4. The van der Waals surface area contributed by atoms with Gasteiger partial charge in [-0.25, -0.2) is 17.5 Å². The molecule has 6 nitrogen and oxygen atoms in total. The number of rotatable bonds is 5. The number of carbonyl (C=O) groups excluding carboxylic acids is 2. The first-order valence-electron chi connectivity index (χ1n) is 6.80. The minimum absolute atomic E-state index is 0.0425. The molecular weight excluding hydrogens is 386 g/mol. The number of carbonyl (C=O) groups is 2. The zero-order valence-electron chi connectivity index (χ0n) is 13.7. The maximum absolute atomic E-state index is 12.2. The van der Waals surface area contributed by atoms with E-state index in [9.17, 15) is 18.0 Å². The maximum atomic E-state index is 12.2. The van der Waals surface area contributed by atoms with Crippen LogP contribution in [-0.4, -0.2) is 45.2 Å². The van der Waals surface area contributed by atoms with Crippen molar-refractivity contribution in [2.45, 2.75) is 25.7 Å². The van der Waals surface area contributed by atoms with Crippen molar-refractivity contribution in [3.8, 4) is 0 Å². The molecule has 0 atom stereocenters. The van der Waals surface area contributed by atoms with Crippen molar-refractivity contribution in [1.29, 1.82) is 0 Å². The number of halogens is 1. The summed E-state index contributed by atoms with van der Waals surface area (Å²) < 4.78 is 30.8. The van der Waals surface area contributed by atoms with E-state index < -0.39 is 21.4 Å². The number of Topliss-reactive ketones (excluding diaryl/α,β-unsaturated/α-hetero) is 1. The molecule has 0 saturated heterocycles. The number of sulfonamides is 1. The van der Waals surface area contributed by atoms with Crippen LogP contribution in [0.4, 0.5) is 0 Å². The highest BCUT2D eigenvalue weighted by molar-refractivity contribution is 9.10. The molecular formula is C15H20BrNO5S. The Bertz CT molecular complexity index is 720. The van der Waals surface area contributed by atoms with Gasteiger partial charge in [0.05, 0.1) is 10.5 Å². The molecule has 0 aliphatic carbocycles. The van der Waals surface area contributed by atoms with Crippen molar-refractivity contribution in [2.24, 2.45) is 5.41 Å². The molecule has 1 aromatic carbocycles. The lowest BCUT2D eigenvalue weighted by molar-refractivity contribution is -0.129. The van der Waals surface area contributed by atoms with E-state index >= 15 is 0 Å². The maximum Gasteiger partial charge on any atom is 0.338 e. The topological polar surface area (TPSA) is 80.8 Å². The van der Waals surface area contributed by atoms with Crippen molar-refractivity contribution in [1.82, 2.24) is 4.31 Å². The second-order valence-corrected chi connectivity index (χ2v) is 9.16. The summed E-state index contributed by atoms with van der Waals surface area (Å²) in [7, 11) is -0.911. The quantitative estimate of drug-likeness (QED) is 0.702. The van der Waals surface area contributed by atoms with Crippen molar-refractivity contribution < 1.29 is 22.7 Å². The standard InChI is InChI=1S/C15H20BrNO5S/c1-15(2,3)13(18)9-22-14(19)10-6-7-11(16)12(8-10)23(20,21)17(4)5/h6-8H,9H2,1-5H3. The van der Waals surface area contributed by atoms with Crippen molar-refractivity contribution in [3.05, 3.63) is 28.2 Å². The van der Waals surface area contributed by atoms with Gasteiger partial charge in [0.2, 0.25) is 10.0 Å². The fourth-order valence-corrected chi connectivity index (χ4v) is 3.30. The van der Waals surface area contributed by atoms with Crippen LogP contribution < -0.4 is 0 Å². The summed E-state index contributed by atoms with van der Waals surface area (Å²) in [5.41, 5.74) is -0.547. The van der Waals surface area contributed by atoms with E-state index in [1.54, 1.807) is 20.8 Å². The van der Waals surface area contributed by atoms with Gasteiger partial charge in [-0.2, -0.15) is 0 Å². The van der Waals surface area contributed by atoms with E-state index in [2.05, 4.69) is 15.9 Å². The highest BCUT2D eigenvalue weighted by atomic mass is 79.9. The molecule has 0 saturated carbocycles. The van der Waals surface area contributed by atoms with Gasteiger partial charge in [-0.05, 0) is 34.1 Å². The van der Waals surface area contributed by atoms with Crippen molar-refractivity contribution in [3.63, 3.8) is 0 Å². The second-order valence-electron chi connectivity index (χ2n) is 6.18. The Morgan fingerprint density at radius 3 is 2.26 bits per heavy atom. The molecule has 128 valence electrons. The summed E-state index contributed by atoms with van der Waals surface area (Å²) in [6, 6.07) is 4.12. The van der Waals surface area contributed by atoms with Gasteiger partial charge in [0.15, 0.2) is 12.4 Å². The molecule has 0 amide bonds. The van der Waals surface area contributed by atoms with E-state index in [4.69, 9.17) is 4.74 Å². The minimum atomic E-state index is -3.71. The monoisotopic (exact) mass is 405 g/mol. The first kappa shape index (κ1) is 19.8. The van der Waals surface area contributed by atoms with Crippen LogP contribution in [0.25, 0.3) is 0 Å². The van der Waals surface area contributed by atoms with Crippen LogP contribution in [0.15, 0.2) is 27.6 Å². The number of nitrogens with zero attached hydrogens (tertiary/aromatic N) is 1. The van der Waals surface area contributed by atoms with Gasteiger partial charge in [-0.15, -0.1) is 0 Å². The zero-order valence-corrected chi connectivity index (χ0v) is 16.1. The molecule has 0 radical (unpaired) electrons. The van der Waals surface area contributed by atoms with Crippen LogP contribution in [0.1, 0.15) is 31.1 Å². The van der Waals surface area contributed by atoms with Crippen LogP contribution in [0.5, 0.6) is 0 Å². The van der Waals surface area contributed by atoms with Gasteiger partial charge in [-0.3, -0.25) is 4.79 Å². The molecule has 23 heavy (non-hydrogen) atoms. The molecule has 1 rings (SSSR count).